The summed E-state index contributed by atoms with van der Waals surface area (Å²) in [5, 5.41) is 0. The highest BCUT2D eigenvalue weighted by Crippen LogP contribution is 2.00. The van der Waals surface area contributed by atoms with E-state index in [2.05, 4.69) is 12.6 Å². The minimum atomic E-state index is 0.195. The molecular weight excluding hydrogens is 104 g/mol. The third-order valence-corrected chi connectivity index (χ3v) is 0.895. The van der Waals surface area contributed by atoms with Gasteiger partial charge in [0.15, 0.2) is 0 Å². The summed E-state index contributed by atoms with van der Waals surface area (Å²) < 4.78 is 14.3. The highest BCUT2D eigenvalue weighted by molar-refractivity contribution is 7.80. The van der Waals surface area contributed by atoms with Gasteiger partial charge in [0, 0.05) is 4.90 Å². The molecule has 0 fully saturated rings. The predicted molar refractivity (Wildman–Crippen MR) is 33.7 cm³/mol. The molecule has 1 aromatic rings. The van der Waals surface area contributed by atoms with E-state index in [0.29, 0.717) is 4.90 Å². The first-order valence-electron chi connectivity index (χ1n) is 2.97. The highest BCUT2D eigenvalue weighted by Gasteiger charge is 1.73. The second-order valence-corrected chi connectivity index (χ2v) is 1.66. The van der Waals surface area contributed by atoms with Gasteiger partial charge in [-0.2, -0.15) is 0 Å². The Labute approximate surface area is 51.4 Å². The molecule has 1 rings (SSSR count). The largest absolute Gasteiger partial charge is 0.143 e. The summed E-state index contributed by atoms with van der Waals surface area (Å²) in [5.74, 6) is 0. The lowest BCUT2D eigenvalue weighted by atomic mass is 10.4. The average molecular weight is 112 g/mol. The molecule has 0 unspecified atom stereocenters. The molecule has 0 saturated carbocycles. The Bertz CT molecular complexity index is 202. The van der Waals surface area contributed by atoms with E-state index < -0.39 is 0 Å². The minimum absolute atomic E-state index is 0.195. The average Bonchev–Trinajstić information content (AvgIpc) is 1.83. The molecule has 7 heavy (non-hydrogen) atoms. The zero-order valence-electron chi connectivity index (χ0n) is 5.68. The molecule has 0 aliphatic rings. The molecule has 1 aromatic carbocycles. The van der Waals surface area contributed by atoms with E-state index in [0.717, 1.165) is 0 Å². The number of hydrogen-bond donors (Lipinski definition) is 1. The van der Waals surface area contributed by atoms with Crippen LogP contribution in [-0.2, 0) is 0 Å². The van der Waals surface area contributed by atoms with Crippen LogP contribution in [0.2, 0.25) is 0 Å². The van der Waals surface area contributed by atoms with Crippen LogP contribution in [0.4, 0.5) is 0 Å². The van der Waals surface area contributed by atoms with Gasteiger partial charge in [-0.3, -0.25) is 0 Å². The molecule has 0 bridgehead atoms. The van der Waals surface area contributed by atoms with Gasteiger partial charge < -0.3 is 0 Å². The van der Waals surface area contributed by atoms with E-state index in [1.54, 1.807) is 18.2 Å². The van der Waals surface area contributed by atoms with E-state index >= 15 is 0 Å². The van der Waals surface area contributed by atoms with Crippen LogP contribution in [0, 0.1) is 0 Å². The van der Waals surface area contributed by atoms with Gasteiger partial charge in [0.1, 0.15) is 0 Å². The molecule has 0 atom stereocenters. The Morgan fingerprint density at radius 2 is 2.43 bits per heavy atom. The van der Waals surface area contributed by atoms with Gasteiger partial charge in [-0.15, -0.1) is 12.6 Å². The van der Waals surface area contributed by atoms with Crippen molar-refractivity contribution in [3.8, 4) is 0 Å². The molecule has 0 amide bonds. The maximum Gasteiger partial charge on any atom is 0.0634 e. The quantitative estimate of drug-likeness (QED) is 0.487. The van der Waals surface area contributed by atoms with Gasteiger partial charge in [0.2, 0.25) is 0 Å². The molecule has 1 heteroatoms. The van der Waals surface area contributed by atoms with Crippen LogP contribution < -0.4 is 0 Å². The van der Waals surface area contributed by atoms with Crippen LogP contribution in [0.5, 0.6) is 0 Å². The molecule has 0 radical (unpaired) electrons. The second-order valence-electron chi connectivity index (χ2n) is 1.18. The molecule has 0 heterocycles. The molecule has 0 saturated heterocycles. The lowest BCUT2D eigenvalue weighted by Crippen LogP contribution is -1.56. The summed E-state index contributed by atoms with van der Waals surface area (Å²) in [7, 11) is 0. The van der Waals surface area contributed by atoms with Crippen LogP contribution in [0.3, 0.4) is 0 Å². The number of benzene rings is 1. The zero-order chi connectivity index (χ0) is 6.85. The van der Waals surface area contributed by atoms with Crippen LogP contribution >= 0.6 is 12.6 Å². The summed E-state index contributed by atoms with van der Waals surface area (Å²) >= 11 is 3.96. The topological polar surface area (TPSA) is 0 Å². The van der Waals surface area contributed by atoms with Crippen molar-refractivity contribution in [2.75, 3.05) is 0 Å². The molecule has 36 valence electrons. The fourth-order valence-electron chi connectivity index (χ4n) is 0.345. The van der Waals surface area contributed by atoms with E-state index in [9.17, 15) is 0 Å². The van der Waals surface area contributed by atoms with Gasteiger partial charge in [-0.05, 0) is 12.1 Å². The number of thiol groups is 1. The first kappa shape index (κ1) is 2.78. The van der Waals surface area contributed by atoms with Gasteiger partial charge in [-0.25, -0.2) is 0 Å². The first-order chi connectivity index (χ1) is 4.22. The highest BCUT2D eigenvalue weighted by atomic mass is 32.1. The van der Waals surface area contributed by atoms with Crippen molar-refractivity contribution >= 4 is 12.6 Å². The van der Waals surface area contributed by atoms with Crippen molar-refractivity contribution in [1.29, 1.82) is 0 Å². The SMILES string of the molecule is [2H]c1cccc(S)c1[2H]. The Balaban J connectivity index is 3.25. The number of rotatable bonds is 0. The molecule has 0 aromatic heterocycles. The lowest BCUT2D eigenvalue weighted by molar-refractivity contribution is 1.48. The molecule has 0 spiro atoms. The summed E-state index contributed by atoms with van der Waals surface area (Å²) in [6.45, 7) is 0. The van der Waals surface area contributed by atoms with E-state index in [4.69, 9.17) is 2.74 Å². The normalized spacial score (nSPS) is 12.7. The molecule has 0 nitrogen and oxygen atoms in total. The molecular formula is C6H6S. The van der Waals surface area contributed by atoms with Crippen molar-refractivity contribution < 1.29 is 2.74 Å². The Hall–Kier alpha value is -0.430. The lowest BCUT2D eigenvalue weighted by Gasteiger charge is -1.81. The van der Waals surface area contributed by atoms with Gasteiger partial charge in [0.25, 0.3) is 0 Å². The van der Waals surface area contributed by atoms with Crippen LogP contribution in [0.1, 0.15) is 2.74 Å². The molecule has 0 aliphatic carbocycles. The Morgan fingerprint density at radius 1 is 1.57 bits per heavy atom. The first-order valence-corrected chi connectivity index (χ1v) is 2.41. The van der Waals surface area contributed by atoms with Crippen LogP contribution in [0.25, 0.3) is 0 Å². The standard InChI is InChI=1S/C6H6S/c7-6-4-2-1-3-5-6/h1-5,7H/i2D,4D. The fourth-order valence-corrected chi connectivity index (χ4v) is 0.495. The van der Waals surface area contributed by atoms with Crippen molar-refractivity contribution in [2.24, 2.45) is 0 Å². The summed E-state index contributed by atoms with van der Waals surface area (Å²) in [6, 6.07) is 5.40. The third-order valence-electron chi connectivity index (χ3n) is 0.634. The van der Waals surface area contributed by atoms with E-state index in [-0.39, 0.29) is 12.1 Å². The minimum Gasteiger partial charge on any atom is -0.143 e. The smallest absolute Gasteiger partial charge is 0.0634 e. The maximum absolute atomic E-state index is 7.18. The summed E-state index contributed by atoms with van der Waals surface area (Å²) in [4.78, 5) is 0.558. The summed E-state index contributed by atoms with van der Waals surface area (Å²) in [6.07, 6.45) is 0. The zero-order valence-corrected chi connectivity index (χ0v) is 4.57. The van der Waals surface area contributed by atoms with Crippen LogP contribution in [-0.4, -0.2) is 0 Å². The van der Waals surface area contributed by atoms with E-state index in [1.807, 2.05) is 0 Å². The Morgan fingerprint density at radius 3 is 3.00 bits per heavy atom. The predicted octanol–water partition coefficient (Wildman–Crippen LogP) is 1.98. The van der Waals surface area contributed by atoms with E-state index in [1.165, 1.54) is 0 Å². The van der Waals surface area contributed by atoms with Crippen molar-refractivity contribution in [3.05, 3.63) is 30.3 Å². The van der Waals surface area contributed by atoms with Crippen molar-refractivity contribution in [3.63, 3.8) is 0 Å². The Kier molecular flexibility index (Phi) is 0.805. The monoisotopic (exact) mass is 112 g/mol. The van der Waals surface area contributed by atoms with Crippen molar-refractivity contribution in [1.82, 2.24) is 0 Å². The van der Waals surface area contributed by atoms with Gasteiger partial charge in [-0.1, -0.05) is 18.2 Å². The fraction of sp³-hybridized carbons (Fsp3) is 0. The summed E-state index contributed by atoms with van der Waals surface area (Å²) in [5.41, 5.74) is 0. The van der Waals surface area contributed by atoms with Gasteiger partial charge in [0.05, 0.1) is 2.74 Å². The number of hydrogen-bond acceptors (Lipinski definition) is 1. The third kappa shape index (κ3) is 1.24. The second kappa shape index (κ2) is 2.03. The van der Waals surface area contributed by atoms with Gasteiger partial charge >= 0.3 is 0 Å². The maximum atomic E-state index is 7.18. The molecule has 0 aliphatic heterocycles. The van der Waals surface area contributed by atoms with Crippen LogP contribution in [0.15, 0.2) is 35.2 Å². The molecule has 0 N–H and O–H groups in total. The van der Waals surface area contributed by atoms with Crippen molar-refractivity contribution in [2.45, 2.75) is 4.90 Å².